The number of aromatic hydroxyl groups is 2. The Morgan fingerprint density at radius 3 is 2.38 bits per heavy atom. The fourth-order valence-electron chi connectivity index (χ4n) is 2.08. The largest absolute Gasteiger partial charge is 0.508 e. The van der Waals surface area contributed by atoms with Gasteiger partial charge in [-0.3, -0.25) is 0 Å². The van der Waals surface area contributed by atoms with E-state index in [0.29, 0.717) is 0 Å². The van der Waals surface area contributed by atoms with Crippen molar-refractivity contribution < 1.29 is 10.2 Å². The lowest BCUT2D eigenvalue weighted by Gasteiger charge is -2.06. The standard InChI is InChI=1S/C14H10O2/c15-11-7-6-9-4-5-10-2-1-3-13(16)14(10)12(9)8-11/h1-8,15-16H. The molecular weight excluding hydrogens is 200 g/mol. The summed E-state index contributed by atoms with van der Waals surface area (Å²) in [6.07, 6.45) is 0. The topological polar surface area (TPSA) is 40.5 Å². The van der Waals surface area contributed by atoms with Crippen LogP contribution < -0.4 is 0 Å². The number of benzene rings is 3. The second-order valence-electron chi connectivity index (χ2n) is 3.85. The van der Waals surface area contributed by atoms with Crippen LogP contribution in [0.15, 0.2) is 48.5 Å². The molecule has 0 radical (unpaired) electrons. The Balaban J connectivity index is 2.61. The Bertz CT molecular complexity index is 687. The lowest BCUT2D eigenvalue weighted by Crippen LogP contribution is -1.78. The first-order valence-corrected chi connectivity index (χ1v) is 5.09. The van der Waals surface area contributed by atoms with E-state index in [1.807, 2.05) is 30.3 Å². The first kappa shape index (κ1) is 9.04. The van der Waals surface area contributed by atoms with Crippen molar-refractivity contribution in [1.82, 2.24) is 0 Å². The lowest BCUT2D eigenvalue weighted by atomic mass is 10.0. The summed E-state index contributed by atoms with van der Waals surface area (Å²) < 4.78 is 0. The third kappa shape index (κ3) is 1.20. The Morgan fingerprint density at radius 2 is 1.50 bits per heavy atom. The zero-order valence-corrected chi connectivity index (χ0v) is 8.51. The first-order chi connectivity index (χ1) is 7.75. The molecule has 0 aromatic heterocycles. The van der Waals surface area contributed by atoms with E-state index in [0.717, 1.165) is 21.5 Å². The highest BCUT2D eigenvalue weighted by Gasteiger charge is 2.05. The number of phenolic OH excluding ortho intramolecular Hbond substituents is 2. The summed E-state index contributed by atoms with van der Waals surface area (Å²) in [6, 6.07) is 14.5. The molecule has 0 spiro atoms. The molecule has 3 aromatic carbocycles. The van der Waals surface area contributed by atoms with Gasteiger partial charge in [-0.1, -0.05) is 30.3 Å². The molecule has 0 saturated heterocycles. The molecule has 3 aromatic rings. The summed E-state index contributed by atoms with van der Waals surface area (Å²) in [5, 5.41) is 23.0. The normalized spacial score (nSPS) is 11.0. The minimum absolute atomic E-state index is 0.211. The second-order valence-corrected chi connectivity index (χ2v) is 3.85. The maximum absolute atomic E-state index is 9.88. The minimum atomic E-state index is 0.211. The summed E-state index contributed by atoms with van der Waals surface area (Å²) in [4.78, 5) is 0. The molecule has 2 nitrogen and oxygen atoms in total. The molecule has 3 rings (SSSR count). The highest BCUT2D eigenvalue weighted by Crippen LogP contribution is 2.33. The zero-order valence-electron chi connectivity index (χ0n) is 8.51. The van der Waals surface area contributed by atoms with Gasteiger partial charge in [-0.15, -0.1) is 0 Å². The molecule has 2 heteroatoms. The van der Waals surface area contributed by atoms with Crippen LogP contribution >= 0.6 is 0 Å². The van der Waals surface area contributed by atoms with Crippen LogP contribution in [0.1, 0.15) is 0 Å². The molecule has 0 fully saturated rings. The van der Waals surface area contributed by atoms with Gasteiger partial charge >= 0.3 is 0 Å². The smallest absolute Gasteiger partial charge is 0.124 e. The van der Waals surface area contributed by atoms with Gasteiger partial charge in [0.2, 0.25) is 0 Å². The molecule has 16 heavy (non-hydrogen) atoms. The van der Waals surface area contributed by atoms with Crippen molar-refractivity contribution in [2.75, 3.05) is 0 Å². The quantitative estimate of drug-likeness (QED) is 0.558. The van der Waals surface area contributed by atoms with E-state index in [1.165, 1.54) is 0 Å². The number of rotatable bonds is 0. The average molecular weight is 210 g/mol. The fourth-order valence-corrected chi connectivity index (χ4v) is 2.08. The molecule has 0 heterocycles. The Hall–Kier alpha value is -2.22. The van der Waals surface area contributed by atoms with Crippen LogP contribution in [-0.4, -0.2) is 10.2 Å². The third-order valence-corrected chi connectivity index (χ3v) is 2.82. The van der Waals surface area contributed by atoms with E-state index in [1.54, 1.807) is 18.2 Å². The summed E-state index contributed by atoms with van der Waals surface area (Å²) in [6.45, 7) is 0. The number of hydrogen-bond donors (Lipinski definition) is 2. The second kappa shape index (κ2) is 3.14. The number of phenols is 2. The highest BCUT2D eigenvalue weighted by molar-refractivity contribution is 6.10. The third-order valence-electron chi connectivity index (χ3n) is 2.82. The van der Waals surface area contributed by atoms with E-state index in [9.17, 15) is 10.2 Å². The van der Waals surface area contributed by atoms with Crippen molar-refractivity contribution >= 4 is 21.5 Å². The SMILES string of the molecule is Oc1ccc2ccc3cccc(O)c3c2c1. The van der Waals surface area contributed by atoms with E-state index in [-0.39, 0.29) is 11.5 Å². The van der Waals surface area contributed by atoms with Gasteiger partial charge in [0.1, 0.15) is 11.5 Å². The van der Waals surface area contributed by atoms with Gasteiger partial charge in [-0.2, -0.15) is 0 Å². The van der Waals surface area contributed by atoms with Crippen LogP contribution in [0.4, 0.5) is 0 Å². The molecule has 0 bridgehead atoms. The Labute approximate surface area is 92.4 Å². The van der Waals surface area contributed by atoms with Gasteiger partial charge in [0.25, 0.3) is 0 Å². The van der Waals surface area contributed by atoms with E-state index in [4.69, 9.17) is 0 Å². The van der Waals surface area contributed by atoms with E-state index >= 15 is 0 Å². The van der Waals surface area contributed by atoms with Crippen molar-refractivity contribution in [2.45, 2.75) is 0 Å². The lowest BCUT2D eigenvalue weighted by molar-refractivity contribution is 0.476. The predicted octanol–water partition coefficient (Wildman–Crippen LogP) is 3.40. The number of hydrogen-bond acceptors (Lipinski definition) is 2. The van der Waals surface area contributed by atoms with Gasteiger partial charge in [0.15, 0.2) is 0 Å². The number of fused-ring (bicyclic) bond motifs is 3. The Morgan fingerprint density at radius 1 is 0.750 bits per heavy atom. The van der Waals surface area contributed by atoms with Crippen LogP contribution in [0.5, 0.6) is 11.5 Å². The summed E-state index contributed by atoms with van der Waals surface area (Å²) in [7, 11) is 0. The van der Waals surface area contributed by atoms with Crippen LogP contribution in [0, 0.1) is 0 Å². The van der Waals surface area contributed by atoms with Crippen molar-refractivity contribution in [3.63, 3.8) is 0 Å². The zero-order chi connectivity index (χ0) is 11.1. The van der Waals surface area contributed by atoms with Crippen molar-refractivity contribution in [2.24, 2.45) is 0 Å². The fraction of sp³-hybridized carbons (Fsp3) is 0. The molecule has 0 aliphatic heterocycles. The van der Waals surface area contributed by atoms with Gasteiger partial charge in [-0.05, 0) is 34.4 Å². The Kier molecular flexibility index (Phi) is 1.77. The molecule has 0 saturated carbocycles. The molecule has 0 aliphatic rings. The van der Waals surface area contributed by atoms with Crippen LogP contribution in [0.2, 0.25) is 0 Å². The average Bonchev–Trinajstić information content (AvgIpc) is 2.28. The van der Waals surface area contributed by atoms with Crippen molar-refractivity contribution in [1.29, 1.82) is 0 Å². The molecule has 0 amide bonds. The maximum atomic E-state index is 9.88. The highest BCUT2D eigenvalue weighted by atomic mass is 16.3. The molecular formula is C14H10O2. The maximum Gasteiger partial charge on any atom is 0.124 e. The molecule has 2 N–H and O–H groups in total. The van der Waals surface area contributed by atoms with Gasteiger partial charge < -0.3 is 10.2 Å². The first-order valence-electron chi connectivity index (χ1n) is 5.09. The van der Waals surface area contributed by atoms with Crippen molar-refractivity contribution in [3.8, 4) is 11.5 Å². The summed E-state index contributed by atoms with van der Waals surface area (Å²) in [5.74, 6) is 0.456. The van der Waals surface area contributed by atoms with E-state index < -0.39 is 0 Å². The van der Waals surface area contributed by atoms with Crippen LogP contribution in [-0.2, 0) is 0 Å². The van der Waals surface area contributed by atoms with Crippen LogP contribution in [0.25, 0.3) is 21.5 Å². The summed E-state index contributed by atoms with van der Waals surface area (Å²) >= 11 is 0. The molecule has 78 valence electrons. The minimum Gasteiger partial charge on any atom is -0.508 e. The van der Waals surface area contributed by atoms with Gasteiger partial charge in [-0.25, -0.2) is 0 Å². The van der Waals surface area contributed by atoms with Gasteiger partial charge in [0, 0.05) is 5.39 Å². The van der Waals surface area contributed by atoms with Crippen LogP contribution in [0.3, 0.4) is 0 Å². The summed E-state index contributed by atoms with van der Waals surface area (Å²) in [5.41, 5.74) is 0. The van der Waals surface area contributed by atoms with E-state index in [2.05, 4.69) is 0 Å². The molecule has 0 unspecified atom stereocenters. The van der Waals surface area contributed by atoms with Crippen molar-refractivity contribution in [3.05, 3.63) is 48.5 Å². The molecule has 0 atom stereocenters. The molecule has 0 aliphatic carbocycles. The van der Waals surface area contributed by atoms with Gasteiger partial charge in [0.05, 0.1) is 0 Å². The monoisotopic (exact) mass is 210 g/mol. The predicted molar refractivity (Wildman–Crippen MR) is 64.8 cm³/mol.